The van der Waals surface area contributed by atoms with E-state index in [1.807, 2.05) is 19.3 Å². The summed E-state index contributed by atoms with van der Waals surface area (Å²) in [6, 6.07) is 2.16. The maximum Gasteiger partial charge on any atom is 0.153 e. The van der Waals surface area contributed by atoms with Crippen molar-refractivity contribution in [1.29, 1.82) is 5.26 Å². The Balaban J connectivity index is 2.18. The third-order valence-electron chi connectivity index (χ3n) is 2.55. The van der Waals surface area contributed by atoms with Crippen molar-refractivity contribution in [3.8, 4) is 6.07 Å². The Kier molecular flexibility index (Phi) is 3.06. The van der Waals surface area contributed by atoms with Gasteiger partial charge in [0.05, 0.1) is 6.20 Å². The van der Waals surface area contributed by atoms with Crippen molar-refractivity contribution >= 4 is 5.65 Å². The van der Waals surface area contributed by atoms with Crippen molar-refractivity contribution in [1.82, 2.24) is 14.2 Å². The Labute approximate surface area is 94.4 Å². The molecule has 0 aromatic carbocycles. The van der Waals surface area contributed by atoms with Crippen molar-refractivity contribution < 1.29 is 0 Å². The van der Waals surface area contributed by atoms with E-state index in [0.29, 0.717) is 5.56 Å². The second-order valence-corrected chi connectivity index (χ2v) is 3.64. The summed E-state index contributed by atoms with van der Waals surface area (Å²) in [5, 5.41) is 13.1. The molecule has 4 nitrogen and oxygen atoms in total. The number of aryl methyl sites for hydroxylation is 1. The van der Waals surface area contributed by atoms with E-state index < -0.39 is 0 Å². The second kappa shape index (κ2) is 4.67. The molecule has 16 heavy (non-hydrogen) atoms. The van der Waals surface area contributed by atoms with Crippen LogP contribution in [0, 0.1) is 11.3 Å². The van der Waals surface area contributed by atoms with Crippen LogP contribution in [0.3, 0.4) is 0 Å². The molecule has 0 saturated carbocycles. The molecule has 0 radical (unpaired) electrons. The molecule has 0 aliphatic heterocycles. The van der Waals surface area contributed by atoms with Gasteiger partial charge in [0.1, 0.15) is 11.6 Å². The molecule has 0 fully saturated rings. The summed E-state index contributed by atoms with van der Waals surface area (Å²) in [6.07, 6.45) is 11.8. The van der Waals surface area contributed by atoms with E-state index in [2.05, 4.69) is 27.9 Å². The van der Waals surface area contributed by atoms with Crippen LogP contribution in [0.4, 0.5) is 0 Å². The summed E-state index contributed by atoms with van der Waals surface area (Å²) in [4.78, 5) is 0. The average molecular weight is 214 g/mol. The van der Waals surface area contributed by atoms with Gasteiger partial charge in [0, 0.05) is 18.9 Å². The van der Waals surface area contributed by atoms with Crippen molar-refractivity contribution in [2.45, 2.75) is 26.3 Å². The van der Waals surface area contributed by atoms with Gasteiger partial charge in [0.15, 0.2) is 5.65 Å². The van der Waals surface area contributed by atoms with Gasteiger partial charge in [-0.25, -0.2) is 4.52 Å². The minimum atomic E-state index is 0.635. The molecule has 0 amide bonds. The third kappa shape index (κ3) is 1.84. The molecule has 2 aromatic heterocycles. The molecule has 0 spiro atoms. The van der Waals surface area contributed by atoms with E-state index in [9.17, 15) is 0 Å². The highest BCUT2D eigenvalue weighted by atomic mass is 15.3. The summed E-state index contributed by atoms with van der Waals surface area (Å²) in [7, 11) is 0. The zero-order chi connectivity index (χ0) is 11.4. The van der Waals surface area contributed by atoms with Crippen LogP contribution < -0.4 is 0 Å². The van der Waals surface area contributed by atoms with Crippen LogP contribution in [0.1, 0.15) is 25.3 Å². The number of hydrogen-bond acceptors (Lipinski definition) is 2. The van der Waals surface area contributed by atoms with Gasteiger partial charge < -0.3 is 4.57 Å². The number of rotatable bonds is 4. The van der Waals surface area contributed by atoms with Gasteiger partial charge in [0.2, 0.25) is 0 Å². The van der Waals surface area contributed by atoms with Gasteiger partial charge in [-0.1, -0.05) is 12.2 Å². The fourth-order valence-corrected chi connectivity index (χ4v) is 1.77. The van der Waals surface area contributed by atoms with Crippen LogP contribution >= 0.6 is 0 Å². The summed E-state index contributed by atoms with van der Waals surface area (Å²) < 4.78 is 3.82. The van der Waals surface area contributed by atoms with Gasteiger partial charge in [-0.05, 0) is 19.8 Å². The highest BCUT2D eigenvalue weighted by Crippen LogP contribution is 2.11. The Bertz CT molecular complexity index is 539. The van der Waals surface area contributed by atoms with Crippen LogP contribution in [0.25, 0.3) is 5.65 Å². The molecular formula is C12H14N4. The minimum Gasteiger partial charge on any atom is -0.330 e. The zero-order valence-electron chi connectivity index (χ0n) is 9.30. The number of nitriles is 1. The lowest BCUT2D eigenvalue weighted by Gasteiger charge is -2.01. The summed E-state index contributed by atoms with van der Waals surface area (Å²) in [6.45, 7) is 2.94. The first-order valence-corrected chi connectivity index (χ1v) is 5.40. The lowest BCUT2D eigenvalue weighted by Crippen LogP contribution is -1.97. The summed E-state index contributed by atoms with van der Waals surface area (Å²) >= 11 is 0. The first-order chi connectivity index (χ1) is 7.86. The zero-order valence-corrected chi connectivity index (χ0v) is 9.30. The molecule has 2 heterocycles. The lowest BCUT2D eigenvalue weighted by molar-refractivity contribution is 0.666. The Morgan fingerprint density at radius 3 is 3.12 bits per heavy atom. The number of nitrogens with zero attached hydrogens (tertiary/aromatic N) is 4. The largest absolute Gasteiger partial charge is 0.330 e. The molecule has 0 atom stereocenters. The second-order valence-electron chi connectivity index (χ2n) is 3.64. The predicted molar refractivity (Wildman–Crippen MR) is 61.9 cm³/mol. The summed E-state index contributed by atoms with van der Waals surface area (Å²) in [5.74, 6) is 0. The summed E-state index contributed by atoms with van der Waals surface area (Å²) in [5.41, 5.74) is 1.53. The minimum absolute atomic E-state index is 0.635. The van der Waals surface area contributed by atoms with E-state index in [-0.39, 0.29) is 0 Å². The van der Waals surface area contributed by atoms with E-state index in [1.54, 1.807) is 10.7 Å². The van der Waals surface area contributed by atoms with Crippen molar-refractivity contribution in [2.24, 2.45) is 0 Å². The number of imidazole rings is 1. The first kappa shape index (κ1) is 10.5. The van der Waals surface area contributed by atoms with Crippen molar-refractivity contribution in [2.75, 3.05) is 0 Å². The fraction of sp³-hybridized carbons (Fsp3) is 0.333. The third-order valence-corrected chi connectivity index (χ3v) is 2.55. The molecule has 0 aliphatic carbocycles. The van der Waals surface area contributed by atoms with E-state index in [4.69, 9.17) is 5.26 Å². The molecule has 2 rings (SSSR count). The van der Waals surface area contributed by atoms with E-state index >= 15 is 0 Å². The quantitative estimate of drug-likeness (QED) is 0.579. The smallest absolute Gasteiger partial charge is 0.153 e. The molecule has 0 saturated heterocycles. The number of fused-ring (bicyclic) bond motifs is 1. The first-order valence-electron chi connectivity index (χ1n) is 5.40. The molecule has 4 heteroatoms. The van der Waals surface area contributed by atoms with Crippen molar-refractivity contribution in [3.63, 3.8) is 0 Å². The van der Waals surface area contributed by atoms with Crippen LogP contribution in [0.2, 0.25) is 0 Å². The van der Waals surface area contributed by atoms with Crippen molar-refractivity contribution in [3.05, 3.63) is 36.3 Å². The number of hydrogen-bond donors (Lipinski definition) is 0. The number of allylic oxidation sites excluding steroid dienone is 2. The molecule has 0 N–H and O–H groups in total. The monoisotopic (exact) mass is 214 g/mol. The van der Waals surface area contributed by atoms with Crippen LogP contribution in [-0.4, -0.2) is 14.2 Å². The standard InChI is InChI=1S/C12H14N4/c1-2-3-4-5-6-15-7-8-16-12(15)11(9-13)10-14-16/h2-3,7-8,10H,4-6H2,1H3/b3-2+. The van der Waals surface area contributed by atoms with Crippen LogP contribution in [0.5, 0.6) is 0 Å². The fourth-order valence-electron chi connectivity index (χ4n) is 1.77. The number of aromatic nitrogens is 3. The average Bonchev–Trinajstić information content (AvgIpc) is 2.86. The Morgan fingerprint density at radius 1 is 1.50 bits per heavy atom. The highest BCUT2D eigenvalue weighted by molar-refractivity contribution is 5.54. The molecular weight excluding hydrogens is 200 g/mol. The molecule has 2 aromatic rings. The van der Waals surface area contributed by atoms with E-state index in [1.165, 1.54) is 0 Å². The normalized spacial score (nSPS) is 11.2. The van der Waals surface area contributed by atoms with E-state index in [0.717, 1.165) is 25.0 Å². The maximum atomic E-state index is 8.95. The van der Waals surface area contributed by atoms with Gasteiger partial charge in [0.25, 0.3) is 0 Å². The molecule has 0 aliphatic rings. The number of unbranched alkanes of at least 4 members (excludes halogenated alkanes) is 1. The highest BCUT2D eigenvalue weighted by Gasteiger charge is 2.07. The Hall–Kier alpha value is -2.02. The van der Waals surface area contributed by atoms with Crippen LogP contribution in [-0.2, 0) is 6.54 Å². The van der Waals surface area contributed by atoms with Gasteiger partial charge in [-0.3, -0.25) is 0 Å². The molecule has 0 unspecified atom stereocenters. The lowest BCUT2D eigenvalue weighted by atomic mass is 10.3. The molecule has 82 valence electrons. The topological polar surface area (TPSA) is 46.0 Å². The SMILES string of the molecule is C/C=C/CCCn1ccn2ncc(C#N)c12. The van der Waals surface area contributed by atoms with Crippen LogP contribution in [0.15, 0.2) is 30.7 Å². The predicted octanol–water partition coefficient (Wildman–Crippen LogP) is 2.36. The maximum absolute atomic E-state index is 8.95. The van der Waals surface area contributed by atoms with Gasteiger partial charge in [-0.15, -0.1) is 0 Å². The van der Waals surface area contributed by atoms with Gasteiger partial charge in [-0.2, -0.15) is 10.4 Å². The Morgan fingerprint density at radius 2 is 2.38 bits per heavy atom. The molecule has 0 bridgehead atoms. The van der Waals surface area contributed by atoms with Gasteiger partial charge >= 0.3 is 0 Å².